The molecule has 76 valence electrons. The average Bonchev–Trinajstić information content (AvgIpc) is 2.04. The lowest BCUT2D eigenvalue weighted by Gasteiger charge is -2.31. The molecule has 0 aromatic rings. The lowest BCUT2D eigenvalue weighted by Crippen LogP contribution is -2.51. The molecule has 4 nitrogen and oxygen atoms in total. The van der Waals surface area contributed by atoms with Crippen LogP contribution >= 0.6 is 0 Å². The topological polar surface area (TPSA) is 35.6 Å². The van der Waals surface area contributed by atoms with Crippen molar-refractivity contribution in [2.45, 2.75) is 13.0 Å². The second-order valence-corrected chi connectivity index (χ2v) is 3.88. The molecule has 0 aromatic heterocycles. The number of rotatable bonds is 2. The second kappa shape index (κ2) is 4.58. The number of hydrogen-bond acceptors (Lipinski definition) is 3. The summed E-state index contributed by atoms with van der Waals surface area (Å²) in [5, 5.41) is 3.35. The number of hydrogen-bond donors (Lipinski definition) is 1. The second-order valence-electron chi connectivity index (χ2n) is 3.88. The lowest BCUT2D eigenvalue weighted by atomic mass is 10.2. The summed E-state index contributed by atoms with van der Waals surface area (Å²) in [7, 11) is 3.60. The fourth-order valence-electron chi connectivity index (χ4n) is 1.49. The minimum absolute atomic E-state index is 0.189. The summed E-state index contributed by atoms with van der Waals surface area (Å²) in [6.07, 6.45) is 0. The van der Waals surface area contributed by atoms with Crippen molar-refractivity contribution < 1.29 is 4.79 Å². The van der Waals surface area contributed by atoms with E-state index in [0.717, 1.165) is 19.6 Å². The molecule has 0 aliphatic carbocycles. The molecule has 1 unspecified atom stereocenters. The molecule has 1 amide bonds. The Labute approximate surface area is 79.9 Å². The van der Waals surface area contributed by atoms with Crippen molar-refractivity contribution in [3.05, 3.63) is 0 Å². The van der Waals surface area contributed by atoms with E-state index in [-0.39, 0.29) is 5.91 Å². The zero-order valence-corrected chi connectivity index (χ0v) is 8.71. The van der Waals surface area contributed by atoms with Gasteiger partial charge in [0.1, 0.15) is 0 Å². The molecule has 1 saturated heterocycles. The zero-order valence-electron chi connectivity index (χ0n) is 8.71. The van der Waals surface area contributed by atoms with Crippen molar-refractivity contribution in [2.75, 3.05) is 40.3 Å². The first-order valence-electron chi connectivity index (χ1n) is 4.75. The summed E-state index contributed by atoms with van der Waals surface area (Å²) in [6, 6.07) is 0.503. The Bertz CT molecular complexity index is 182. The first-order chi connectivity index (χ1) is 6.09. The van der Waals surface area contributed by atoms with Crippen LogP contribution in [-0.2, 0) is 4.79 Å². The number of piperazine rings is 1. The molecule has 13 heavy (non-hydrogen) atoms. The maximum absolute atomic E-state index is 11.4. The van der Waals surface area contributed by atoms with Gasteiger partial charge < -0.3 is 10.2 Å². The van der Waals surface area contributed by atoms with Gasteiger partial charge >= 0.3 is 0 Å². The quantitative estimate of drug-likeness (QED) is 0.622. The molecule has 4 heteroatoms. The van der Waals surface area contributed by atoms with Crippen LogP contribution in [-0.4, -0.2) is 62.0 Å². The molecule has 0 saturated carbocycles. The van der Waals surface area contributed by atoms with Crippen molar-refractivity contribution in [1.29, 1.82) is 0 Å². The minimum atomic E-state index is 0.189. The highest BCUT2D eigenvalue weighted by Crippen LogP contribution is 1.98. The van der Waals surface area contributed by atoms with Crippen LogP contribution in [0.25, 0.3) is 0 Å². The Morgan fingerprint density at radius 2 is 2.31 bits per heavy atom. The number of nitrogens with zero attached hydrogens (tertiary/aromatic N) is 2. The van der Waals surface area contributed by atoms with Crippen LogP contribution in [0, 0.1) is 0 Å². The number of likely N-dealkylation sites (N-methyl/N-ethyl adjacent to an activating group) is 1. The third-order valence-corrected chi connectivity index (χ3v) is 2.31. The Kier molecular flexibility index (Phi) is 3.69. The van der Waals surface area contributed by atoms with Gasteiger partial charge in [0.25, 0.3) is 0 Å². The highest BCUT2D eigenvalue weighted by atomic mass is 16.2. The van der Waals surface area contributed by atoms with Gasteiger partial charge in [-0.3, -0.25) is 9.69 Å². The summed E-state index contributed by atoms with van der Waals surface area (Å²) in [5.41, 5.74) is 0. The molecule has 0 bridgehead atoms. The Hall–Kier alpha value is -0.610. The first-order valence-corrected chi connectivity index (χ1v) is 4.75. The van der Waals surface area contributed by atoms with Crippen LogP contribution in [0.5, 0.6) is 0 Å². The Balaban J connectivity index is 2.31. The molecule has 1 atom stereocenters. The van der Waals surface area contributed by atoms with E-state index in [2.05, 4.69) is 17.1 Å². The van der Waals surface area contributed by atoms with Gasteiger partial charge in [0.2, 0.25) is 5.91 Å². The maximum atomic E-state index is 11.4. The lowest BCUT2D eigenvalue weighted by molar-refractivity contribution is -0.130. The van der Waals surface area contributed by atoms with E-state index in [4.69, 9.17) is 0 Å². The summed E-state index contributed by atoms with van der Waals surface area (Å²) in [4.78, 5) is 15.2. The van der Waals surface area contributed by atoms with Gasteiger partial charge in [-0.2, -0.15) is 0 Å². The SMILES string of the molecule is CC1CN(CC(=O)N(C)C)CCN1. The summed E-state index contributed by atoms with van der Waals surface area (Å²) in [6.45, 7) is 5.64. The normalized spacial score (nSPS) is 24.4. The van der Waals surface area contributed by atoms with Crippen LogP contribution in [0.2, 0.25) is 0 Å². The van der Waals surface area contributed by atoms with Gasteiger partial charge in [-0.05, 0) is 6.92 Å². The summed E-state index contributed by atoms with van der Waals surface area (Å²) < 4.78 is 0. The van der Waals surface area contributed by atoms with E-state index >= 15 is 0 Å². The number of nitrogens with one attached hydrogen (secondary N) is 1. The molecular weight excluding hydrogens is 166 g/mol. The average molecular weight is 185 g/mol. The molecule has 1 heterocycles. The van der Waals surface area contributed by atoms with Crippen LogP contribution < -0.4 is 5.32 Å². The van der Waals surface area contributed by atoms with E-state index in [1.54, 1.807) is 19.0 Å². The number of carbonyl (C=O) groups excluding carboxylic acids is 1. The van der Waals surface area contributed by atoms with E-state index in [9.17, 15) is 4.79 Å². The van der Waals surface area contributed by atoms with Crippen molar-refractivity contribution in [3.63, 3.8) is 0 Å². The molecule has 1 aliphatic rings. The number of carbonyl (C=O) groups is 1. The summed E-state index contributed by atoms with van der Waals surface area (Å²) >= 11 is 0. The minimum Gasteiger partial charge on any atom is -0.348 e. The fraction of sp³-hybridized carbons (Fsp3) is 0.889. The fourth-order valence-corrected chi connectivity index (χ4v) is 1.49. The van der Waals surface area contributed by atoms with Gasteiger partial charge in [-0.1, -0.05) is 0 Å². The Morgan fingerprint density at radius 1 is 1.62 bits per heavy atom. The standard InChI is InChI=1S/C9H19N3O/c1-8-6-12(5-4-10-8)7-9(13)11(2)3/h8,10H,4-7H2,1-3H3. The van der Waals surface area contributed by atoms with Gasteiger partial charge in [0.15, 0.2) is 0 Å². The highest BCUT2D eigenvalue weighted by molar-refractivity contribution is 5.77. The third-order valence-electron chi connectivity index (χ3n) is 2.31. The Morgan fingerprint density at radius 3 is 2.85 bits per heavy atom. The molecule has 1 aliphatic heterocycles. The van der Waals surface area contributed by atoms with Gasteiger partial charge in [-0.15, -0.1) is 0 Å². The molecule has 1 rings (SSSR count). The van der Waals surface area contributed by atoms with Crippen molar-refractivity contribution in [2.24, 2.45) is 0 Å². The van der Waals surface area contributed by atoms with Gasteiger partial charge in [0.05, 0.1) is 6.54 Å². The highest BCUT2D eigenvalue weighted by Gasteiger charge is 2.18. The van der Waals surface area contributed by atoms with Gasteiger partial charge in [-0.25, -0.2) is 0 Å². The molecule has 1 fully saturated rings. The van der Waals surface area contributed by atoms with Crippen LogP contribution in [0.4, 0.5) is 0 Å². The molecule has 1 N–H and O–H groups in total. The predicted molar refractivity (Wildman–Crippen MR) is 52.6 cm³/mol. The van der Waals surface area contributed by atoms with Crippen molar-refractivity contribution >= 4 is 5.91 Å². The molecular formula is C9H19N3O. The number of amides is 1. The monoisotopic (exact) mass is 185 g/mol. The van der Waals surface area contributed by atoms with Crippen LogP contribution in [0.3, 0.4) is 0 Å². The van der Waals surface area contributed by atoms with Crippen LogP contribution in [0.15, 0.2) is 0 Å². The maximum Gasteiger partial charge on any atom is 0.236 e. The van der Waals surface area contributed by atoms with Gasteiger partial charge in [0, 0.05) is 39.8 Å². The van der Waals surface area contributed by atoms with E-state index in [0.29, 0.717) is 12.6 Å². The van der Waals surface area contributed by atoms with Crippen molar-refractivity contribution in [3.8, 4) is 0 Å². The molecule has 0 spiro atoms. The summed E-state index contributed by atoms with van der Waals surface area (Å²) in [5.74, 6) is 0.189. The van der Waals surface area contributed by atoms with E-state index < -0.39 is 0 Å². The first kappa shape index (κ1) is 10.5. The van der Waals surface area contributed by atoms with E-state index in [1.165, 1.54) is 0 Å². The zero-order chi connectivity index (χ0) is 9.84. The predicted octanol–water partition coefficient (Wildman–Crippen LogP) is -0.632. The van der Waals surface area contributed by atoms with E-state index in [1.807, 2.05) is 0 Å². The third kappa shape index (κ3) is 3.32. The molecule has 0 radical (unpaired) electrons. The molecule has 0 aromatic carbocycles. The smallest absolute Gasteiger partial charge is 0.236 e. The van der Waals surface area contributed by atoms with Crippen molar-refractivity contribution in [1.82, 2.24) is 15.1 Å². The van der Waals surface area contributed by atoms with Crippen LogP contribution in [0.1, 0.15) is 6.92 Å². The largest absolute Gasteiger partial charge is 0.348 e.